The number of benzene rings is 1. The Bertz CT molecular complexity index is 599. The first-order valence-electron chi connectivity index (χ1n) is 8.41. The number of anilines is 1. The molecular formula is C18H24N2O3. The molecule has 3 N–H and O–H groups in total. The molecule has 0 radical (unpaired) electrons. The van der Waals surface area contributed by atoms with E-state index in [1.54, 1.807) is 7.11 Å². The molecule has 2 unspecified atom stereocenters. The molecule has 4 saturated carbocycles. The third-order valence-corrected chi connectivity index (χ3v) is 5.70. The number of carbonyl (C=O) groups is 1. The molecule has 1 aromatic carbocycles. The Balaban J connectivity index is 1.44. The van der Waals surface area contributed by atoms with Crippen LogP contribution in [0.1, 0.15) is 38.5 Å². The Hall–Kier alpha value is -1.75. The van der Waals surface area contributed by atoms with Crippen molar-refractivity contribution in [3.63, 3.8) is 0 Å². The monoisotopic (exact) mass is 316 g/mol. The molecule has 2 atom stereocenters. The van der Waals surface area contributed by atoms with Gasteiger partial charge in [-0.3, -0.25) is 5.32 Å². The summed E-state index contributed by atoms with van der Waals surface area (Å²) >= 11 is 0. The Morgan fingerprint density at radius 3 is 2.39 bits per heavy atom. The fraction of sp³-hybridized carbons (Fsp3) is 0.611. The summed E-state index contributed by atoms with van der Waals surface area (Å²) in [6.07, 6.45) is 5.81. The van der Waals surface area contributed by atoms with Gasteiger partial charge in [0.05, 0.1) is 7.11 Å². The van der Waals surface area contributed by atoms with Crippen molar-refractivity contribution in [3.05, 3.63) is 24.3 Å². The van der Waals surface area contributed by atoms with Crippen LogP contribution in [0.5, 0.6) is 5.75 Å². The molecule has 0 aliphatic heterocycles. The van der Waals surface area contributed by atoms with E-state index in [4.69, 9.17) is 15.2 Å². The molecule has 4 aliphatic carbocycles. The van der Waals surface area contributed by atoms with Crippen LogP contribution in [0.15, 0.2) is 24.3 Å². The topological polar surface area (TPSA) is 73.6 Å². The molecule has 5 nitrogen and oxygen atoms in total. The highest BCUT2D eigenvalue weighted by atomic mass is 16.6. The quantitative estimate of drug-likeness (QED) is 0.897. The summed E-state index contributed by atoms with van der Waals surface area (Å²) in [4.78, 5) is 12.4. The van der Waals surface area contributed by atoms with Crippen molar-refractivity contribution in [1.82, 2.24) is 0 Å². The molecule has 1 amide bonds. The van der Waals surface area contributed by atoms with E-state index in [1.807, 2.05) is 24.3 Å². The smallest absolute Gasteiger partial charge is 0.412 e. The number of hydrogen-bond acceptors (Lipinski definition) is 4. The SMILES string of the molecule is COc1ccc(NC(=O)OC23CC4CC(CC(N)(C4)C2)C3)cc1. The van der Waals surface area contributed by atoms with E-state index in [0.29, 0.717) is 17.5 Å². The van der Waals surface area contributed by atoms with Gasteiger partial charge in [0, 0.05) is 17.6 Å². The van der Waals surface area contributed by atoms with E-state index in [2.05, 4.69) is 5.32 Å². The van der Waals surface area contributed by atoms with Crippen LogP contribution in [-0.4, -0.2) is 24.3 Å². The highest BCUT2D eigenvalue weighted by molar-refractivity contribution is 5.85. The van der Waals surface area contributed by atoms with Crippen molar-refractivity contribution in [2.75, 3.05) is 12.4 Å². The van der Waals surface area contributed by atoms with E-state index in [0.717, 1.165) is 37.9 Å². The number of rotatable bonds is 3. The lowest BCUT2D eigenvalue weighted by Gasteiger charge is -2.59. The van der Waals surface area contributed by atoms with Crippen molar-refractivity contribution >= 4 is 11.8 Å². The average Bonchev–Trinajstić information content (AvgIpc) is 2.44. The van der Waals surface area contributed by atoms with Crippen molar-refractivity contribution in [3.8, 4) is 5.75 Å². The van der Waals surface area contributed by atoms with Gasteiger partial charge < -0.3 is 15.2 Å². The van der Waals surface area contributed by atoms with Gasteiger partial charge in [-0.15, -0.1) is 0 Å². The van der Waals surface area contributed by atoms with Crippen LogP contribution in [0.2, 0.25) is 0 Å². The number of amides is 1. The minimum absolute atomic E-state index is 0.121. The van der Waals surface area contributed by atoms with E-state index in [1.165, 1.54) is 6.42 Å². The van der Waals surface area contributed by atoms with Crippen molar-refractivity contribution in [1.29, 1.82) is 0 Å². The molecule has 5 heteroatoms. The molecule has 4 aliphatic rings. The van der Waals surface area contributed by atoms with Crippen LogP contribution in [0.3, 0.4) is 0 Å². The van der Waals surface area contributed by atoms with Gasteiger partial charge in [0.15, 0.2) is 0 Å². The lowest BCUT2D eigenvalue weighted by Crippen LogP contribution is -2.64. The van der Waals surface area contributed by atoms with Crippen LogP contribution in [0, 0.1) is 11.8 Å². The maximum atomic E-state index is 12.4. The summed E-state index contributed by atoms with van der Waals surface area (Å²) in [6, 6.07) is 7.25. The summed E-state index contributed by atoms with van der Waals surface area (Å²) in [7, 11) is 1.62. The normalized spacial score (nSPS) is 37.5. The molecule has 0 spiro atoms. The highest BCUT2D eigenvalue weighted by Crippen LogP contribution is 2.58. The molecule has 0 saturated heterocycles. The number of carbonyl (C=O) groups excluding carboxylic acids is 1. The van der Waals surface area contributed by atoms with Crippen LogP contribution in [-0.2, 0) is 4.74 Å². The predicted octanol–water partition coefficient (Wildman–Crippen LogP) is 3.29. The van der Waals surface area contributed by atoms with Gasteiger partial charge in [-0.25, -0.2) is 4.79 Å². The summed E-state index contributed by atoms with van der Waals surface area (Å²) in [5.41, 5.74) is 6.78. The molecule has 23 heavy (non-hydrogen) atoms. The van der Waals surface area contributed by atoms with Crippen LogP contribution in [0.4, 0.5) is 10.5 Å². The minimum atomic E-state index is -0.374. The Morgan fingerprint density at radius 1 is 1.17 bits per heavy atom. The van der Waals surface area contributed by atoms with Crippen molar-refractivity contribution < 1.29 is 14.3 Å². The van der Waals surface area contributed by atoms with E-state index in [9.17, 15) is 4.79 Å². The second-order valence-corrected chi connectivity index (χ2v) is 7.75. The second kappa shape index (κ2) is 5.13. The van der Waals surface area contributed by atoms with E-state index in [-0.39, 0.29) is 17.2 Å². The summed E-state index contributed by atoms with van der Waals surface area (Å²) in [5.74, 6) is 2.00. The third kappa shape index (κ3) is 2.78. The second-order valence-electron chi connectivity index (χ2n) is 7.75. The molecule has 4 fully saturated rings. The number of nitrogens with two attached hydrogens (primary N) is 1. The number of ether oxygens (including phenoxy) is 2. The van der Waals surface area contributed by atoms with E-state index < -0.39 is 0 Å². The molecule has 0 heterocycles. The van der Waals surface area contributed by atoms with Crippen LogP contribution in [0.25, 0.3) is 0 Å². The third-order valence-electron chi connectivity index (χ3n) is 5.70. The average molecular weight is 316 g/mol. The van der Waals surface area contributed by atoms with Gasteiger partial charge in [-0.1, -0.05) is 0 Å². The molecule has 0 aromatic heterocycles. The van der Waals surface area contributed by atoms with Gasteiger partial charge in [0.1, 0.15) is 11.4 Å². The Labute approximate surface area is 136 Å². The zero-order valence-electron chi connectivity index (χ0n) is 13.5. The zero-order chi connectivity index (χ0) is 16.1. The van der Waals surface area contributed by atoms with E-state index >= 15 is 0 Å². The fourth-order valence-corrected chi connectivity index (χ4v) is 5.38. The largest absolute Gasteiger partial charge is 0.497 e. The van der Waals surface area contributed by atoms with Crippen LogP contribution < -0.4 is 15.8 Å². The van der Waals surface area contributed by atoms with Gasteiger partial charge in [-0.2, -0.15) is 0 Å². The van der Waals surface area contributed by atoms with Gasteiger partial charge in [0.2, 0.25) is 0 Å². The maximum Gasteiger partial charge on any atom is 0.412 e. The molecular weight excluding hydrogens is 292 g/mol. The zero-order valence-corrected chi connectivity index (χ0v) is 13.5. The molecule has 4 bridgehead atoms. The fourth-order valence-electron chi connectivity index (χ4n) is 5.38. The van der Waals surface area contributed by atoms with Crippen molar-refractivity contribution in [2.24, 2.45) is 17.6 Å². The van der Waals surface area contributed by atoms with Gasteiger partial charge in [-0.05, 0) is 68.2 Å². The number of hydrogen-bond donors (Lipinski definition) is 2. The van der Waals surface area contributed by atoms with Crippen molar-refractivity contribution in [2.45, 2.75) is 49.7 Å². The maximum absolute atomic E-state index is 12.4. The molecule has 1 aromatic rings. The number of nitrogens with one attached hydrogen (secondary N) is 1. The predicted molar refractivity (Wildman–Crippen MR) is 87.4 cm³/mol. The van der Waals surface area contributed by atoms with Gasteiger partial charge in [0.25, 0.3) is 0 Å². The Morgan fingerprint density at radius 2 is 1.83 bits per heavy atom. The lowest BCUT2D eigenvalue weighted by molar-refractivity contribution is -0.132. The lowest BCUT2D eigenvalue weighted by atomic mass is 9.51. The minimum Gasteiger partial charge on any atom is -0.497 e. The first-order chi connectivity index (χ1) is 11.0. The molecule has 5 rings (SSSR count). The highest BCUT2D eigenvalue weighted by Gasteiger charge is 2.58. The standard InChI is InChI=1S/C18H24N2O3/c1-22-15-4-2-14(3-5-15)20-16(21)23-18-9-12-6-13(10-18)8-17(19,7-12)11-18/h2-5,12-13H,6-11,19H2,1H3,(H,20,21). The number of methoxy groups -OCH3 is 1. The van der Waals surface area contributed by atoms with Crippen LogP contribution >= 0.6 is 0 Å². The molecule has 124 valence electrons. The summed E-state index contributed by atoms with van der Waals surface area (Å²) < 4.78 is 11.0. The summed E-state index contributed by atoms with van der Waals surface area (Å²) in [6.45, 7) is 0. The first-order valence-corrected chi connectivity index (χ1v) is 8.41. The first kappa shape index (κ1) is 14.8. The van der Waals surface area contributed by atoms with Gasteiger partial charge >= 0.3 is 6.09 Å². The Kier molecular flexibility index (Phi) is 3.30. The summed E-state index contributed by atoms with van der Waals surface area (Å²) in [5, 5.41) is 2.82.